The van der Waals surface area contributed by atoms with Crippen molar-refractivity contribution in [3.8, 4) is 11.5 Å². The predicted molar refractivity (Wildman–Crippen MR) is 172 cm³/mol. The number of fused-ring (bicyclic) bond motifs is 7. The van der Waals surface area contributed by atoms with Gasteiger partial charge in [-0.05, 0) is 109 Å². The highest BCUT2D eigenvalue weighted by Gasteiger charge is 2.59. The Bertz CT molecular complexity index is 1280. The third kappa shape index (κ3) is 5.02. The predicted octanol–water partition coefficient (Wildman–Crippen LogP) is 10.2. The maximum atomic E-state index is 5.62. The van der Waals surface area contributed by atoms with Gasteiger partial charge in [0.05, 0.1) is 30.5 Å². The number of benzene rings is 1. The number of aryl methyl sites for hydroxylation is 1. The van der Waals surface area contributed by atoms with Crippen LogP contribution in [0.2, 0.25) is 0 Å². The fourth-order valence-electron chi connectivity index (χ4n) is 9.98. The molecule has 0 spiro atoms. The highest BCUT2D eigenvalue weighted by molar-refractivity contribution is 7.16. The molecule has 41 heavy (non-hydrogen) atoms. The molecule has 0 saturated heterocycles. The van der Waals surface area contributed by atoms with Crippen molar-refractivity contribution in [1.29, 1.82) is 0 Å². The number of nitrogens with zero attached hydrogens (tertiary/aromatic N) is 1. The second-order valence-electron chi connectivity index (χ2n) is 14.7. The minimum absolute atomic E-state index is 0.273. The van der Waals surface area contributed by atoms with Crippen LogP contribution >= 0.6 is 11.3 Å². The molecule has 4 nitrogen and oxygen atoms in total. The van der Waals surface area contributed by atoms with E-state index < -0.39 is 0 Å². The van der Waals surface area contributed by atoms with Crippen LogP contribution in [0, 0.1) is 46.3 Å². The Labute approximate surface area is 252 Å². The number of hydrogen-bond donors (Lipinski definition) is 1. The van der Waals surface area contributed by atoms with Gasteiger partial charge in [-0.15, -0.1) is 0 Å². The summed E-state index contributed by atoms with van der Waals surface area (Å²) in [4.78, 5) is 6.53. The lowest BCUT2D eigenvalue weighted by molar-refractivity contribution is -0.0392. The number of allylic oxidation sites excluding steroid dienone is 2. The van der Waals surface area contributed by atoms with E-state index in [1.807, 2.05) is 29.5 Å². The molecule has 2 fully saturated rings. The van der Waals surface area contributed by atoms with E-state index >= 15 is 0 Å². The minimum Gasteiger partial charge on any atom is -0.497 e. The lowest BCUT2D eigenvalue weighted by Crippen LogP contribution is -2.49. The summed E-state index contributed by atoms with van der Waals surface area (Å²) in [5, 5.41) is 4.52. The second kappa shape index (κ2) is 11.2. The van der Waals surface area contributed by atoms with Crippen LogP contribution in [-0.4, -0.2) is 19.2 Å². The number of aromatic nitrogens is 1. The third-order valence-electron chi connectivity index (χ3n) is 12.1. The van der Waals surface area contributed by atoms with Gasteiger partial charge in [0.1, 0.15) is 11.5 Å². The number of nitrogens with one attached hydrogen (secondary N) is 1. The zero-order valence-electron chi connectivity index (χ0n) is 26.5. The van der Waals surface area contributed by atoms with Crippen LogP contribution in [0.4, 0.5) is 10.8 Å². The summed E-state index contributed by atoms with van der Waals surface area (Å²) in [5.74, 6) is 6.79. The van der Waals surface area contributed by atoms with E-state index in [1.54, 1.807) is 19.8 Å². The fourth-order valence-corrected chi connectivity index (χ4v) is 11.2. The number of methoxy groups -OCH3 is 2. The van der Waals surface area contributed by atoms with Gasteiger partial charge in [-0.2, -0.15) is 0 Å². The van der Waals surface area contributed by atoms with Crippen LogP contribution in [0.1, 0.15) is 103 Å². The third-order valence-corrected chi connectivity index (χ3v) is 13.2. The summed E-state index contributed by atoms with van der Waals surface area (Å²) in [7, 11) is 3.41. The molecule has 5 heteroatoms. The van der Waals surface area contributed by atoms with Gasteiger partial charge >= 0.3 is 0 Å². The van der Waals surface area contributed by atoms with Crippen molar-refractivity contribution in [3.63, 3.8) is 0 Å². The first-order valence-corrected chi connectivity index (χ1v) is 17.2. The van der Waals surface area contributed by atoms with Crippen LogP contribution in [0.5, 0.6) is 11.5 Å². The highest BCUT2D eigenvalue weighted by Crippen LogP contribution is 2.68. The summed E-state index contributed by atoms with van der Waals surface area (Å²) in [6.45, 7) is 12.7. The van der Waals surface area contributed by atoms with Gasteiger partial charge in [0.25, 0.3) is 0 Å². The molecule has 2 aromatic rings. The topological polar surface area (TPSA) is 43.4 Å². The summed E-state index contributed by atoms with van der Waals surface area (Å²) in [6, 6.07) is 5.88. The maximum Gasteiger partial charge on any atom is 0.188 e. The monoisotopic (exact) mass is 576 g/mol. The van der Waals surface area contributed by atoms with Crippen molar-refractivity contribution in [3.05, 3.63) is 34.8 Å². The van der Waals surface area contributed by atoms with E-state index in [9.17, 15) is 0 Å². The largest absolute Gasteiger partial charge is 0.497 e. The Morgan fingerprint density at radius 3 is 2.61 bits per heavy atom. The average molecular weight is 577 g/mol. The SMILES string of the molecule is COc1ccc(OC)c(Nc2nc3c(s2)C2=CC[C@H]4[C@@H]5CC[C@H]([C@H](C)CCCC(C)C)[C@@]5(C)CC[C@@H]4[C@@]2(C)CC3)c1. The van der Waals surface area contributed by atoms with Crippen LogP contribution < -0.4 is 14.8 Å². The summed E-state index contributed by atoms with van der Waals surface area (Å²) >= 11 is 1.83. The van der Waals surface area contributed by atoms with Gasteiger partial charge < -0.3 is 14.8 Å². The smallest absolute Gasteiger partial charge is 0.188 e. The van der Waals surface area contributed by atoms with Crippen molar-refractivity contribution in [2.45, 2.75) is 98.8 Å². The number of thiazole rings is 1. The highest BCUT2D eigenvalue weighted by atomic mass is 32.1. The Morgan fingerprint density at radius 2 is 1.85 bits per heavy atom. The molecule has 0 unspecified atom stereocenters. The van der Waals surface area contributed by atoms with Gasteiger partial charge in [0.2, 0.25) is 0 Å². The normalized spacial score (nSPS) is 32.8. The molecule has 0 radical (unpaired) electrons. The van der Waals surface area contributed by atoms with E-state index in [1.165, 1.54) is 68.4 Å². The minimum atomic E-state index is 0.273. The van der Waals surface area contributed by atoms with E-state index in [0.29, 0.717) is 5.41 Å². The number of hydrogen-bond acceptors (Lipinski definition) is 5. The number of ether oxygens (including phenoxy) is 2. The number of rotatable bonds is 9. The number of anilines is 2. The van der Waals surface area contributed by atoms with Gasteiger partial charge in [0, 0.05) is 6.07 Å². The van der Waals surface area contributed by atoms with Crippen LogP contribution in [0.3, 0.4) is 0 Å². The molecular formula is C36H52N2O2S. The first-order chi connectivity index (χ1) is 19.7. The molecular weight excluding hydrogens is 524 g/mol. The first kappa shape index (κ1) is 29.1. The van der Waals surface area contributed by atoms with Gasteiger partial charge in [-0.1, -0.05) is 71.3 Å². The van der Waals surface area contributed by atoms with Crippen molar-refractivity contribution in [1.82, 2.24) is 4.98 Å². The molecule has 6 rings (SSSR count). The molecule has 0 aliphatic heterocycles. The Morgan fingerprint density at radius 1 is 1.02 bits per heavy atom. The molecule has 0 bridgehead atoms. The van der Waals surface area contributed by atoms with E-state index in [4.69, 9.17) is 14.5 Å². The molecule has 1 heterocycles. The van der Waals surface area contributed by atoms with Gasteiger partial charge in [0.15, 0.2) is 5.13 Å². The Balaban J connectivity index is 1.22. The molecule has 224 valence electrons. The molecule has 7 atom stereocenters. The van der Waals surface area contributed by atoms with Crippen molar-refractivity contribution < 1.29 is 9.47 Å². The summed E-state index contributed by atoms with van der Waals surface area (Å²) in [6.07, 6.45) is 16.2. The van der Waals surface area contributed by atoms with Crippen LogP contribution in [0.15, 0.2) is 24.3 Å². The zero-order chi connectivity index (χ0) is 28.9. The van der Waals surface area contributed by atoms with E-state index in [2.05, 4.69) is 46.0 Å². The molecule has 4 aliphatic rings. The van der Waals surface area contributed by atoms with Crippen LogP contribution in [0.25, 0.3) is 5.57 Å². The summed E-state index contributed by atoms with van der Waals surface area (Å²) in [5.41, 5.74) is 4.59. The molecule has 1 N–H and O–H groups in total. The van der Waals surface area contributed by atoms with Crippen molar-refractivity contribution >= 4 is 27.7 Å². The molecule has 1 aromatic carbocycles. The first-order valence-electron chi connectivity index (χ1n) is 16.4. The lowest BCUT2D eigenvalue weighted by atomic mass is 9.47. The lowest BCUT2D eigenvalue weighted by Gasteiger charge is -2.57. The summed E-state index contributed by atoms with van der Waals surface area (Å²) < 4.78 is 11.1. The van der Waals surface area contributed by atoms with E-state index in [-0.39, 0.29) is 5.41 Å². The Hall–Kier alpha value is -2.01. The van der Waals surface area contributed by atoms with Gasteiger partial charge in [-0.3, -0.25) is 0 Å². The van der Waals surface area contributed by atoms with Crippen molar-refractivity contribution in [2.75, 3.05) is 19.5 Å². The molecule has 4 aliphatic carbocycles. The molecule has 1 aromatic heterocycles. The maximum absolute atomic E-state index is 5.62. The second-order valence-corrected chi connectivity index (χ2v) is 15.7. The van der Waals surface area contributed by atoms with Crippen LogP contribution in [-0.2, 0) is 6.42 Å². The van der Waals surface area contributed by atoms with Gasteiger partial charge in [-0.25, -0.2) is 4.98 Å². The molecule has 0 amide bonds. The fraction of sp³-hybridized carbons (Fsp3) is 0.694. The Kier molecular flexibility index (Phi) is 7.98. The quantitative estimate of drug-likeness (QED) is 0.322. The van der Waals surface area contributed by atoms with Crippen molar-refractivity contribution in [2.24, 2.45) is 46.3 Å². The molecule has 2 saturated carbocycles. The van der Waals surface area contributed by atoms with E-state index in [0.717, 1.165) is 64.2 Å². The zero-order valence-corrected chi connectivity index (χ0v) is 27.3. The standard InChI is InChI=1S/C36H52N2O2S/c1-22(2)9-8-10-23(3)26-14-15-27-25-12-13-29-33-30(18-20-36(29,5)28(25)17-19-35(26,27)4)37-34(41-33)38-31-21-24(39-6)11-16-32(31)40-7/h11,13,16,21-23,25-28H,8-10,12,14-15,17-20H2,1-7H3,(H,37,38)/t23-,25+,26-,27+,28+,35-,36-/m1/s1. The average Bonchev–Trinajstić information content (AvgIpc) is 3.52.